The summed E-state index contributed by atoms with van der Waals surface area (Å²) in [7, 11) is 0. The molecule has 0 aromatic carbocycles. The predicted octanol–water partition coefficient (Wildman–Crippen LogP) is -8.36. The minimum absolute atomic E-state index is 0. The van der Waals surface area contributed by atoms with Gasteiger partial charge >= 0.3 is 125 Å². The summed E-state index contributed by atoms with van der Waals surface area (Å²) in [4.78, 5) is 20.7. The molecule has 0 fully saturated rings. The molecule has 17 heavy (non-hydrogen) atoms. The molecule has 0 saturated heterocycles. The molecule has 0 rings (SSSR count). The molecule has 4 N–H and O–H groups in total. The largest absolute Gasteiger partial charge is 1.00 e. The minimum atomic E-state index is -4.79. The molecule has 0 spiro atoms. The third-order valence-corrected chi connectivity index (χ3v) is 3.45. The van der Waals surface area contributed by atoms with Crippen molar-refractivity contribution < 1.29 is 70.7 Å². The molecule has 0 aromatic heterocycles. The van der Waals surface area contributed by atoms with Crippen LogP contribution in [0.4, 0.5) is 0 Å². The van der Waals surface area contributed by atoms with E-state index >= 15 is 0 Å². The Labute approximate surface area is 124 Å². The predicted molar refractivity (Wildman–Crippen MR) is 41.2 cm³/mol. The van der Waals surface area contributed by atoms with Crippen molar-refractivity contribution in [2.75, 3.05) is 0 Å². The molecular weight excluding hydrogens is 361 g/mol. The molecule has 0 aliphatic heterocycles. The zero-order valence-corrected chi connectivity index (χ0v) is 13.1. The van der Waals surface area contributed by atoms with E-state index < -0.39 is 54.3 Å². The van der Waals surface area contributed by atoms with Crippen molar-refractivity contribution in [3.63, 3.8) is 0 Å². The fourth-order valence-corrected chi connectivity index (χ4v) is 1.82. The quantitative estimate of drug-likeness (QED) is 0.332. The first kappa shape index (κ1) is 19.7. The SMILES string of the molecule is O=C([O-])[C@@H](O)[C@@H](O)[C@H](O)[C@@H](O)[C](=O)[Sb](=[O])=[O].[Na+]. The van der Waals surface area contributed by atoms with Gasteiger partial charge in [0.25, 0.3) is 0 Å². The molecule has 0 aliphatic carbocycles. The van der Waals surface area contributed by atoms with E-state index in [2.05, 4.69) is 0 Å². The molecule has 92 valence electrons. The molecule has 0 bridgehead atoms. The molecule has 4 atom stereocenters. The van der Waals surface area contributed by atoms with Crippen molar-refractivity contribution in [3.8, 4) is 0 Å². The van der Waals surface area contributed by atoms with Crippen LogP contribution in [-0.4, -0.2) is 74.7 Å². The summed E-state index contributed by atoms with van der Waals surface area (Å²) in [6, 6.07) is 0. The molecule has 0 amide bonds. The van der Waals surface area contributed by atoms with Crippen LogP contribution in [0, 0.1) is 0 Å². The van der Waals surface area contributed by atoms with Crippen molar-refractivity contribution in [1.82, 2.24) is 0 Å². The zero-order chi connectivity index (χ0) is 13.0. The Hall–Kier alpha value is 0.398. The van der Waals surface area contributed by atoms with Gasteiger partial charge in [0.05, 0.1) is 0 Å². The number of aliphatic carboxylic acids is 1. The van der Waals surface area contributed by atoms with E-state index in [9.17, 15) is 20.7 Å². The maximum absolute atomic E-state index is 10.7. The summed E-state index contributed by atoms with van der Waals surface area (Å²) in [6.45, 7) is 0. The summed E-state index contributed by atoms with van der Waals surface area (Å²) in [6.07, 6.45) is -9.93. The first-order valence-corrected chi connectivity index (χ1v) is 7.17. The molecule has 0 aliphatic rings. The Morgan fingerprint density at radius 2 is 1.29 bits per heavy atom. The smallest absolute Gasteiger partial charge is 1.00 e. The second kappa shape index (κ2) is 8.49. The number of carboxylic acids is 1. The summed E-state index contributed by atoms with van der Waals surface area (Å²) < 4.78 is 18.8. The summed E-state index contributed by atoms with van der Waals surface area (Å²) in [5, 5.41) is 45.6. The van der Waals surface area contributed by atoms with Crippen molar-refractivity contribution in [3.05, 3.63) is 0 Å². The first-order chi connectivity index (χ1) is 7.20. The van der Waals surface area contributed by atoms with Gasteiger partial charge in [-0.05, 0) is 0 Å². The number of aliphatic hydroxyl groups is 4. The third-order valence-electron chi connectivity index (χ3n) is 1.67. The Kier molecular flexibility index (Phi) is 9.86. The van der Waals surface area contributed by atoms with Crippen LogP contribution in [0.2, 0.25) is 0 Å². The fraction of sp³-hybridized carbons (Fsp3) is 0.667. The van der Waals surface area contributed by atoms with Crippen molar-refractivity contribution in [2.24, 2.45) is 0 Å². The van der Waals surface area contributed by atoms with Gasteiger partial charge in [-0.15, -0.1) is 0 Å². The molecule has 0 unspecified atom stereocenters. The molecule has 9 nitrogen and oxygen atoms in total. The number of carbonyl (C=O) groups is 2. The minimum Gasteiger partial charge on any atom is 1.00 e. The van der Waals surface area contributed by atoms with Crippen LogP contribution in [0.15, 0.2) is 0 Å². The van der Waals surface area contributed by atoms with Crippen LogP contribution in [0.25, 0.3) is 0 Å². The standard InChI is InChI=1S/C6H9O7.Na.2O.Sb/c7-1-2(8)3(9)4(10)5(11)6(12)13;;;;/h2-5,8-11H,(H,12,13);;;;/q;+1;;;/p-1/t2-,3+,4-,5-;;;;/m0..../s1. The van der Waals surface area contributed by atoms with E-state index in [-0.39, 0.29) is 29.6 Å². The average Bonchev–Trinajstić information content (AvgIpc) is 2.23. The first-order valence-electron chi connectivity index (χ1n) is 3.81. The number of hydrogen-bond donors (Lipinski definition) is 4. The molecule has 0 saturated carbocycles. The molecule has 0 aromatic rings. The van der Waals surface area contributed by atoms with Crippen molar-refractivity contribution in [2.45, 2.75) is 24.4 Å². The number of aliphatic hydroxyl groups excluding tert-OH is 4. The fourth-order valence-electron chi connectivity index (χ4n) is 0.767. The number of carboxylic acid groups (broad SMARTS) is 1. The van der Waals surface area contributed by atoms with E-state index in [0.717, 1.165) is 0 Å². The second-order valence-corrected chi connectivity index (χ2v) is 5.51. The van der Waals surface area contributed by atoms with Gasteiger partial charge in [0.1, 0.15) is 0 Å². The van der Waals surface area contributed by atoms with E-state index in [1.807, 2.05) is 0 Å². The van der Waals surface area contributed by atoms with Gasteiger partial charge < -0.3 is 0 Å². The van der Waals surface area contributed by atoms with Gasteiger partial charge in [-0.2, -0.15) is 0 Å². The van der Waals surface area contributed by atoms with Crippen molar-refractivity contribution in [1.29, 1.82) is 0 Å². The number of rotatable bonds is 6. The molecule has 0 heterocycles. The van der Waals surface area contributed by atoms with E-state index in [1.165, 1.54) is 0 Å². The molecule has 0 radical (unpaired) electrons. The summed E-state index contributed by atoms with van der Waals surface area (Å²) in [5.41, 5.74) is 0. The van der Waals surface area contributed by atoms with Crippen LogP contribution in [0.3, 0.4) is 0 Å². The van der Waals surface area contributed by atoms with Crippen LogP contribution in [0.1, 0.15) is 0 Å². The number of hydrogen-bond acceptors (Lipinski definition) is 9. The monoisotopic (exact) mass is 368 g/mol. The number of carbonyl (C=O) groups excluding carboxylic acids is 2. The van der Waals surface area contributed by atoms with E-state index in [0.29, 0.717) is 0 Å². The van der Waals surface area contributed by atoms with Gasteiger partial charge in [0.2, 0.25) is 0 Å². The third kappa shape index (κ3) is 5.71. The van der Waals surface area contributed by atoms with Gasteiger partial charge in [-0.1, -0.05) is 0 Å². The van der Waals surface area contributed by atoms with Crippen LogP contribution in [-0.2, 0) is 15.6 Å². The van der Waals surface area contributed by atoms with Crippen molar-refractivity contribution >= 4 is 29.9 Å². The van der Waals surface area contributed by atoms with Gasteiger partial charge in [-0.25, -0.2) is 0 Å². The maximum Gasteiger partial charge on any atom is 1.00 e. The van der Waals surface area contributed by atoms with E-state index in [1.54, 1.807) is 0 Å². The Bertz CT molecular complexity index is 345. The topological polar surface area (TPSA) is 172 Å². The zero-order valence-electron chi connectivity index (χ0n) is 8.59. The normalized spacial score (nSPS) is 17.2. The molecule has 11 heteroatoms. The average molecular weight is 369 g/mol. The Morgan fingerprint density at radius 3 is 1.59 bits per heavy atom. The molecular formula is C6H8NaO9Sb. The van der Waals surface area contributed by atoms with Gasteiger partial charge in [0, 0.05) is 0 Å². The Morgan fingerprint density at radius 1 is 0.941 bits per heavy atom. The Balaban J connectivity index is 0. The maximum atomic E-state index is 10.7. The van der Waals surface area contributed by atoms with Crippen LogP contribution < -0.4 is 34.7 Å². The van der Waals surface area contributed by atoms with Crippen LogP contribution in [0.5, 0.6) is 0 Å². The van der Waals surface area contributed by atoms with Gasteiger partial charge in [-0.3, -0.25) is 0 Å². The summed E-state index contributed by atoms with van der Waals surface area (Å²) >= 11 is -4.79. The summed E-state index contributed by atoms with van der Waals surface area (Å²) in [5.74, 6) is -2.15. The van der Waals surface area contributed by atoms with Gasteiger partial charge in [0.15, 0.2) is 0 Å². The second-order valence-electron chi connectivity index (χ2n) is 2.79. The van der Waals surface area contributed by atoms with E-state index in [4.69, 9.17) is 20.4 Å². The van der Waals surface area contributed by atoms with Crippen LogP contribution >= 0.6 is 0 Å².